The number of nitro benzene ring substituents is 1. The van der Waals surface area contributed by atoms with E-state index >= 15 is 0 Å². The van der Waals surface area contributed by atoms with E-state index < -0.39 is 14.9 Å². The van der Waals surface area contributed by atoms with Gasteiger partial charge in [0.05, 0.1) is 15.9 Å². The van der Waals surface area contributed by atoms with Crippen LogP contribution in [0.1, 0.15) is 24.9 Å². The fraction of sp³-hybridized carbons (Fsp3) is 0.235. The van der Waals surface area contributed by atoms with Gasteiger partial charge in [0.25, 0.3) is 5.69 Å². The van der Waals surface area contributed by atoms with Gasteiger partial charge in [-0.15, -0.1) is 0 Å². The summed E-state index contributed by atoms with van der Waals surface area (Å²) in [5, 5.41) is 13.4. The summed E-state index contributed by atoms with van der Waals surface area (Å²) in [5.74, 6) is -0.284. The second-order valence-corrected chi connectivity index (χ2v) is 7.37. The van der Waals surface area contributed by atoms with Crippen LogP contribution in [0.25, 0.3) is 0 Å². The van der Waals surface area contributed by atoms with Crippen molar-refractivity contribution in [2.75, 3.05) is 6.54 Å². The maximum absolute atomic E-state index is 12.1. The highest BCUT2D eigenvalue weighted by molar-refractivity contribution is 7.89. The van der Waals surface area contributed by atoms with Crippen LogP contribution in [0.5, 0.6) is 0 Å². The highest BCUT2D eigenvalue weighted by atomic mass is 32.2. The van der Waals surface area contributed by atoms with Crippen LogP contribution in [0.4, 0.5) is 5.69 Å². The molecule has 0 aromatic heterocycles. The third-order valence-corrected chi connectivity index (χ3v) is 5.16. The van der Waals surface area contributed by atoms with Crippen molar-refractivity contribution in [1.82, 2.24) is 10.0 Å². The summed E-state index contributed by atoms with van der Waals surface area (Å²) in [6.07, 6.45) is -0.0244. The zero-order valence-electron chi connectivity index (χ0n) is 14.1. The Bertz CT molecular complexity index is 867. The topological polar surface area (TPSA) is 118 Å². The van der Waals surface area contributed by atoms with Gasteiger partial charge in [-0.25, -0.2) is 13.1 Å². The van der Waals surface area contributed by atoms with Crippen molar-refractivity contribution >= 4 is 21.6 Å². The predicted octanol–water partition coefficient (Wildman–Crippen LogP) is 2.14. The molecule has 0 fully saturated rings. The zero-order valence-corrected chi connectivity index (χ0v) is 14.9. The highest BCUT2D eigenvalue weighted by Gasteiger charge is 2.16. The van der Waals surface area contributed by atoms with E-state index in [0.717, 1.165) is 29.8 Å². The first-order valence-electron chi connectivity index (χ1n) is 7.88. The van der Waals surface area contributed by atoms with Gasteiger partial charge in [0.2, 0.25) is 15.9 Å². The van der Waals surface area contributed by atoms with Crippen LogP contribution in [-0.2, 0) is 14.8 Å². The molecule has 2 N–H and O–H groups in total. The molecule has 9 heteroatoms. The molecule has 0 heterocycles. The number of hydrogen-bond acceptors (Lipinski definition) is 5. The summed E-state index contributed by atoms with van der Waals surface area (Å²) < 4.78 is 26.6. The lowest BCUT2D eigenvalue weighted by atomic mass is 10.1. The molecule has 0 aliphatic heterocycles. The molecule has 0 bridgehead atoms. The fourth-order valence-electron chi connectivity index (χ4n) is 2.27. The number of nitrogens with one attached hydrogen (secondary N) is 2. The molecule has 2 aromatic carbocycles. The summed E-state index contributed by atoms with van der Waals surface area (Å²) in [6, 6.07) is 13.7. The summed E-state index contributed by atoms with van der Waals surface area (Å²) in [6.45, 7) is 1.76. The molecule has 0 saturated carbocycles. The van der Waals surface area contributed by atoms with Gasteiger partial charge in [-0.2, -0.15) is 0 Å². The Morgan fingerprint density at radius 3 is 2.31 bits per heavy atom. The number of benzene rings is 2. The minimum Gasteiger partial charge on any atom is -0.350 e. The number of sulfonamides is 1. The Balaban J connectivity index is 1.85. The maximum atomic E-state index is 12.1. The van der Waals surface area contributed by atoms with Gasteiger partial charge in [-0.3, -0.25) is 14.9 Å². The summed E-state index contributed by atoms with van der Waals surface area (Å²) >= 11 is 0. The van der Waals surface area contributed by atoms with E-state index in [4.69, 9.17) is 0 Å². The molecular formula is C17H19N3O5S. The van der Waals surface area contributed by atoms with Gasteiger partial charge < -0.3 is 5.32 Å². The van der Waals surface area contributed by atoms with Crippen LogP contribution in [0.3, 0.4) is 0 Å². The van der Waals surface area contributed by atoms with E-state index in [2.05, 4.69) is 10.0 Å². The van der Waals surface area contributed by atoms with E-state index in [1.807, 2.05) is 37.3 Å². The highest BCUT2D eigenvalue weighted by Crippen LogP contribution is 2.15. The maximum Gasteiger partial charge on any atom is 0.269 e. The van der Waals surface area contributed by atoms with Crippen LogP contribution in [-0.4, -0.2) is 25.8 Å². The molecule has 0 saturated heterocycles. The van der Waals surface area contributed by atoms with Crippen molar-refractivity contribution in [3.05, 3.63) is 70.3 Å². The smallest absolute Gasteiger partial charge is 0.269 e. The fourth-order valence-corrected chi connectivity index (χ4v) is 3.30. The normalized spacial score (nSPS) is 12.3. The first kappa shape index (κ1) is 19.5. The number of nitrogens with zero attached hydrogens (tertiary/aromatic N) is 1. The van der Waals surface area contributed by atoms with Gasteiger partial charge in [0.15, 0.2) is 0 Å². The van der Waals surface area contributed by atoms with Crippen molar-refractivity contribution in [3.8, 4) is 0 Å². The van der Waals surface area contributed by atoms with Crippen LogP contribution in [0, 0.1) is 10.1 Å². The van der Waals surface area contributed by atoms with Crippen molar-refractivity contribution in [2.45, 2.75) is 24.3 Å². The second-order valence-electron chi connectivity index (χ2n) is 5.60. The molecule has 8 nitrogen and oxygen atoms in total. The Labute approximate surface area is 151 Å². The summed E-state index contributed by atoms with van der Waals surface area (Å²) in [4.78, 5) is 21.8. The SMILES string of the molecule is CC(NC(=O)CCNS(=O)(=O)c1ccc([N+](=O)[O-])cc1)c1ccccc1. The Hall–Kier alpha value is -2.78. The van der Waals surface area contributed by atoms with Crippen LogP contribution >= 0.6 is 0 Å². The van der Waals surface area contributed by atoms with E-state index in [9.17, 15) is 23.3 Å². The van der Waals surface area contributed by atoms with Crippen molar-refractivity contribution in [3.63, 3.8) is 0 Å². The minimum absolute atomic E-state index is 0.0244. The summed E-state index contributed by atoms with van der Waals surface area (Å²) in [5.41, 5.74) is 0.755. The largest absolute Gasteiger partial charge is 0.350 e. The number of carbonyl (C=O) groups is 1. The van der Waals surface area contributed by atoms with Gasteiger partial charge in [-0.05, 0) is 24.6 Å². The molecule has 138 valence electrons. The predicted molar refractivity (Wildman–Crippen MR) is 95.9 cm³/mol. The number of carbonyl (C=O) groups excluding carboxylic acids is 1. The Morgan fingerprint density at radius 1 is 1.12 bits per heavy atom. The number of nitro groups is 1. The third-order valence-electron chi connectivity index (χ3n) is 3.68. The molecule has 0 radical (unpaired) electrons. The Kier molecular flexibility index (Phi) is 6.42. The Morgan fingerprint density at radius 2 is 1.73 bits per heavy atom. The molecule has 0 spiro atoms. The van der Waals surface area contributed by atoms with Gasteiger partial charge in [0, 0.05) is 25.1 Å². The first-order chi connectivity index (χ1) is 12.3. The molecule has 1 atom stereocenters. The average Bonchev–Trinajstić information content (AvgIpc) is 2.62. The van der Waals surface area contributed by atoms with E-state index in [1.54, 1.807) is 0 Å². The molecule has 26 heavy (non-hydrogen) atoms. The van der Waals surface area contributed by atoms with Crippen molar-refractivity contribution in [2.24, 2.45) is 0 Å². The second kappa shape index (κ2) is 8.54. The first-order valence-corrected chi connectivity index (χ1v) is 9.36. The molecule has 2 aromatic rings. The lowest BCUT2D eigenvalue weighted by Crippen LogP contribution is -2.32. The van der Waals surface area contributed by atoms with Crippen LogP contribution in [0.2, 0.25) is 0 Å². The van der Waals surface area contributed by atoms with Crippen molar-refractivity contribution in [1.29, 1.82) is 0 Å². The van der Waals surface area contributed by atoms with E-state index in [0.29, 0.717) is 0 Å². The zero-order chi connectivity index (χ0) is 19.2. The lowest BCUT2D eigenvalue weighted by molar-refractivity contribution is -0.384. The number of hydrogen-bond donors (Lipinski definition) is 2. The van der Waals surface area contributed by atoms with Gasteiger partial charge in [0.1, 0.15) is 0 Å². The van der Waals surface area contributed by atoms with Crippen molar-refractivity contribution < 1.29 is 18.1 Å². The average molecular weight is 377 g/mol. The minimum atomic E-state index is -3.83. The number of amides is 1. The number of non-ortho nitro benzene ring substituents is 1. The van der Waals surface area contributed by atoms with E-state index in [1.165, 1.54) is 0 Å². The third kappa shape index (κ3) is 5.36. The van der Waals surface area contributed by atoms with E-state index in [-0.39, 0.29) is 35.5 Å². The molecule has 1 amide bonds. The quantitative estimate of drug-likeness (QED) is 0.540. The molecular weight excluding hydrogens is 358 g/mol. The standard InChI is InChI=1S/C17H19N3O5S/c1-13(14-5-3-2-4-6-14)19-17(21)11-12-18-26(24,25)16-9-7-15(8-10-16)20(22)23/h2-10,13,18H,11-12H2,1H3,(H,19,21). The van der Waals surface area contributed by atoms with Gasteiger partial charge >= 0.3 is 0 Å². The molecule has 1 unspecified atom stereocenters. The molecule has 0 aliphatic rings. The lowest BCUT2D eigenvalue weighted by Gasteiger charge is -2.14. The molecule has 2 rings (SSSR count). The van der Waals surface area contributed by atoms with Crippen LogP contribution in [0.15, 0.2) is 59.5 Å². The van der Waals surface area contributed by atoms with Crippen LogP contribution < -0.4 is 10.0 Å². The summed E-state index contributed by atoms with van der Waals surface area (Å²) in [7, 11) is -3.83. The monoisotopic (exact) mass is 377 g/mol. The van der Waals surface area contributed by atoms with Gasteiger partial charge in [-0.1, -0.05) is 30.3 Å². The molecule has 0 aliphatic carbocycles. The number of rotatable bonds is 8.